The molecular weight excluding hydrogens is 284 g/mol. The number of amides is 2. The van der Waals surface area contributed by atoms with Gasteiger partial charge in [-0.15, -0.1) is 0 Å². The van der Waals surface area contributed by atoms with Crippen molar-refractivity contribution < 1.29 is 14.5 Å². The molecule has 1 fully saturated rings. The van der Waals surface area contributed by atoms with E-state index in [0.29, 0.717) is 10.6 Å². The number of non-ortho nitro benzene ring substituents is 1. The second-order valence-corrected chi connectivity index (χ2v) is 5.28. The Morgan fingerprint density at radius 3 is 2.30 bits per heavy atom. The van der Waals surface area contributed by atoms with E-state index >= 15 is 0 Å². The van der Waals surface area contributed by atoms with Crippen molar-refractivity contribution >= 4 is 29.1 Å². The fraction of sp³-hybridized carbons (Fsp3) is 0.385. The van der Waals surface area contributed by atoms with E-state index < -0.39 is 4.92 Å². The van der Waals surface area contributed by atoms with Crippen molar-refractivity contribution in [1.29, 1.82) is 0 Å². The SMILES string of the molecule is CC1C(=O)N(Cc2cc([N+](=O)[O-])ccc2Cl)C(=O)C1C. The van der Waals surface area contributed by atoms with Gasteiger partial charge in [0.05, 0.1) is 11.5 Å². The smallest absolute Gasteiger partial charge is 0.269 e. The quantitative estimate of drug-likeness (QED) is 0.487. The van der Waals surface area contributed by atoms with E-state index in [1.165, 1.54) is 18.2 Å². The van der Waals surface area contributed by atoms with Crippen LogP contribution in [0.15, 0.2) is 18.2 Å². The van der Waals surface area contributed by atoms with Gasteiger partial charge in [0, 0.05) is 29.0 Å². The molecule has 106 valence electrons. The Bertz CT molecular complexity index is 582. The summed E-state index contributed by atoms with van der Waals surface area (Å²) in [5.41, 5.74) is 0.272. The number of imide groups is 1. The highest BCUT2D eigenvalue weighted by molar-refractivity contribution is 6.31. The normalized spacial score (nSPS) is 22.4. The lowest BCUT2D eigenvalue weighted by atomic mass is 10.00. The third-order valence-electron chi connectivity index (χ3n) is 3.63. The molecular formula is C13H13ClN2O4. The van der Waals surface area contributed by atoms with Crippen molar-refractivity contribution in [3.05, 3.63) is 38.9 Å². The predicted molar refractivity (Wildman–Crippen MR) is 72.0 cm³/mol. The molecule has 0 N–H and O–H groups in total. The summed E-state index contributed by atoms with van der Waals surface area (Å²) in [7, 11) is 0. The van der Waals surface area contributed by atoms with Crippen molar-refractivity contribution in [1.82, 2.24) is 4.90 Å². The van der Waals surface area contributed by atoms with Gasteiger partial charge in [-0.2, -0.15) is 0 Å². The van der Waals surface area contributed by atoms with Crippen LogP contribution in [0.2, 0.25) is 5.02 Å². The van der Waals surface area contributed by atoms with Crippen molar-refractivity contribution in [3.63, 3.8) is 0 Å². The van der Waals surface area contributed by atoms with E-state index in [-0.39, 0.29) is 35.9 Å². The molecule has 1 aromatic rings. The minimum atomic E-state index is -0.543. The van der Waals surface area contributed by atoms with Crippen molar-refractivity contribution in [3.8, 4) is 0 Å². The molecule has 1 heterocycles. The van der Waals surface area contributed by atoms with Gasteiger partial charge in [0.1, 0.15) is 0 Å². The molecule has 0 aliphatic carbocycles. The molecule has 1 aliphatic rings. The lowest BCUT2D eigenvalue weighted by Gasteiger charge is -2.15. The molecule has 0 bridgehead atoms. The Morgan fingerprint density at radius 1 is 1.25 bits per heavy atom. The number of rotatable bonds is 3. The largest absolute Gasteiger partial charge is 0.278 e. The molecule has 20 heavy (non-hydrogen) atoms. The molecule has 2 amide bonds. The number of carbonyl (C=O) groups excluding carboxylic acids is 2. The van der Waals surface area contributed by atoms with Crippen LogP contribution in [0.4, 0.5) is 5.69 Å². The minimum Gasteiger partial charge on any atom is -0.278 e. The zero-order valence-electron chi connectivity index (χ0n) is 11.0. The molecule has 2 rings (SSSR count). The highest BCUT2D eigenvalue weighted by Gasteiger charge is 2.42. The number of nitro groups is 1. The summed E-state index contributed by atoms with van der Waals surface area (Å²) < 4.78 is 0. The van der Waals surface area contributed by atoms with E-state index in [1.807, 2.05) is 0 Å². The minimum absolute atomic E-state index is 0.0349. The Balaban J connectivity index is 2.31. The van der Waals surface area contributed by atoms with Crippen LogP contribution < -0.4 is 0 Å². The Kier molecular flexibility index (Phi) is 3.76. The highest BCUT2D eigenvalue weighted by Crippen LogP contribution is 2.29. The first-order chi connectivity index (χ1) is 9.32. The molecule has 0 radical (unpaired) electrons. The number of halogens is 1. The molecule has 2 unspecified atom stereocenters. The van der Waals surface area contributed by atoms with Gasteiger partial charge in [-0.25, -0.2) is 0 Å². The summed E-state index contributed by atoms with van der Waals surface area (Å²) in [4.78, 5) is 35.3. The topological polar surface area (TPSA) is 80.5 Å². The molecule has 0 saturated carbocycles. The predicted octanol–water partition coefficient (Wildman–Crippen LogP) is 2.39. The number of hydrogen-bond donors (Lipinski definition) is 0. The summed E-state index contributed by atoms with van der Waals surface area (Å²) in [6.07, 6.45) is 0. The van der Waals surface area contributed by atoms with Gasteiger partial charge >= 0.3 is 0 Å². The number of nitro benzene ring substituents is 1. The second-order valence-electron chi connectivity index (χ2n) is 4.87. The van der Waals surface area contributed by atoms with Gasteiger partial charge in [-0.05, 0) is 11.6 Å². The average Bonchev–Trinajstić information content (AvgIpc) is 2.58. The lowest BCUT2D eigenvalue weighted by Crippen LogP contribution is -2.30. The molecule has 2 atom stereocenters. The van der Waals surface area contributed by atoms with Gasteiger partial charge in [0.25, 0.3) is 5.69 Å². The maximum absolute atomic E-state index is 12.0. The summed E-state index contributed by atoms with van der Waals surface area (Å²) >= 11 is 5.98. The van der Waals surface area contributed by atoms with Gasteiger partial charge in [0.15, 0.2) is 0 Å². The van der Waals surface area contributed by atoms with Crippen molar-refractivity contribution in [2.75, 3.05) is 0 Å². The first-order valence-electron chi connectivity index (χ1n) is 6.11. The van der Waals surface area contributed by atoms with E-state index in [1.54, 1.807) is 13.8 Å². The third kappa shape index (κ3) is 2.38. The average molecular weight is 297 g/mol. The molecule has 1 aromatic carbocycles. The number of hydrogen-bond acceptors (Lipinski definition) is 4. The molecule has 0 spiro atoms. The van der Waals surface area contributed by atoms with Crippen LogP contribution in [0, 0.1) is 22.0 Å². The van der Waals surface area contributed by atoms with Crippen LogP contribution in [0.25, 0.3) is 0 Å². The number of benzene rings is 1. The van der Waals surface area contributed by atoms with E-state index in [0.717, 1.165) is 4.90 Å². The molecule has 1 saturated heterocycles. The fourth-order valence-electron chi connectivity index (χ4n) is 2.15. The molecule has 6 nitrogen and oxygen atoms in total. The van der Waals surface area contributed by atoms with Crippen LogP contribution in [0.5, 0.6) is 0 Å². The maximum Gasteiger partial charge on any atom is 0.269 e. The van der Waals surface area contributed by atoms with E-state index in [2.05, 4.69) is 0 Å². The highest BCUT2D eigenvalue weighted by atomic mass is 35.5. The van der Waals surface area contributed by atoms with Gasteiger partial charge in [-0.1, -0.05) is 25.4 Å². The summed E-state index contributed by atoms with van der Waals surface area (Å²) in [6, 6.07) is 3.97. The van der Waals surface area contributed by atoms with Gasteiger partial charge < -0.3 is 0 Å². The Hall–Kier alpha value is -1.95. The number of nitrogens with zero attached hydrogens (tertiary/aromatic N) is 2. The van der Waals surface area contributed by atoms with Crippen LogP contribution in [0.3, 0.4) is 0 Å². The van der Waals surface area contributed by atoms with Crippen LogP contribution >= 0.6 is 11.6 Å². The summed E-state index contributed by atoms with van der Waals surface area (Å²) in [5, 5.41) is 11.0. The van der Waals surface area contributed by atoms with Crippen LogP contribution in [-0.4, -0.2) is 21.6 Å². The first-order valence-corrected chi connectivity index (χ1v) is 6.48. The lowest BCUT2D eigenvalue weighted by molar-refractivity contribution is -0.384. The standard InChI is InChI=1S/C13H13ClN2O4/c1-7-8(2)13(18)15(12(7)17)6-9-5-10(16(19)20)3-4-11(9)14/h3-5,7-8H,6H2,1-2H3. The van der Waals surface area contributed by atoms with Gasteiger partial charge in [-0.3, -0.25) is 24.6 Å². The van der Waals surface area contributed by atoms with E-state index in [9.17, 15) is 19.7 Å². The third-order valence-corrected chi connectivity index (χ3v) is 4.00. The Labute approximate surface area is 120 Å². The molecule has 1 aliphatic heterocycles. The zero-order chi connectivity index (χ0) is 15.0. The van der Waals surface area contributed by atoms with Crippen LogP contribution in [-0.2, 0) is 16.1 Å². The fourth-order valence-corrected chi connectivity index (χ4v) is 2.33. The summed E-state index contributed by atoms with van der Waals surface area (Å²) in [5.74, 6) is -1.30. The maximum atomic E-state index is 12.0. The summed E-state index contributed by atoms with van der Waals surface area (Å²) in [6.45, 7) is 3.35. The number of likely N-dealkylation sites (tertiary alicyclic amines) is 1. The Morgan fingerprint density at radius 2 is 1.80 bits per heavy atom. The molecule has 7 heteroatoms. The molecule has 0 aromatic heterocycles. The monoisotopic (exact) mass is 296 g/mol. The zero-order valence-corrected chi connectivity index (χ0v) is 11.8. The second kappa shape index (κ2) is 5.20. The first kappa shape index (κ1) is 14.5. The van der Waals surface area contributed by atoms with Gasteiger partial charge in [0.2, 0.25) is 11.8 Å². The van der Waals surface area contributed by atoms with Crippen LogP contribution in [0.1, 0.15) is 19.4 Å². The van der Waals surface area contributed by atoms with E-state index in [4.69, 9.17) is 11.6 Å². The van der Waals surface area contributed by atoms with Crippen molar-refractivity contribution in [2.45, 2.75) is 20.4 Å². The number of carbonyl (C=O) groups is 2. The van der Waals surface area contributed by atoms with Crippen molar-refractivity contribution in [2.24, 2.45) is 11.8 Å².